The fraction of sp³-hybridized carbons (Fsp3) is 0.136. The summed E-state index contributed by atoms with van der Waals surface area (Å²) in [5.41, 5.74) is 4.13. The number of aryl methyl sites for hydroxylation is 2. The van der Waals surface area contributed by atoms with Gasteiger partial charge in [-0.15, -0.1) is 0 Å². The van der Waals surface area contributed by atoms with Crippen molar-refractivity contribution in [3.63, 3.8) is 0 Å². The van der Waals surface area contributed by atoms with E-state index in [4.69, 9.17) is 4.74 Å². The third-order valence-electron chi connectivity index (χ3n) is 4.94. The highest BCUT2D eigenvalue weighted by Crippen LogP contribution is 2.31. The van der Waals surface area contributed by atoms with Gasteiger partial charge in [0.1, 0.15) is 21.7 Å². The molecule has 0 saturated carbocycles. The minimum absolute atomic E-state index is 0.0837. The number of carbonyl (C=O) groups excluding carboxylic acids is 1. The number of hydrogen-bond donors (Lipinski definition) is 2. The molecule has 4 rings (SSSR count). The molecule has 0 unspecified atom stereocenters. The van der Waals surface area contributed by atoms with Crippen molar-refractivity contribution in [2.75, 3.05) is 17.1 Å². The summed E-state index contributed by atoms with van der Waals surface area (Å²) < 4.78 is 42.6. The van der Waals surface area contributed by atoms with Crippen molar-refractivity contribution in [2.45, 2.75) is 18.7 Å². The normalized spacial score (nSPS) is 11.3. The van der Waals surface area contributed by atoms with Gasteiger partial charge in [-0.05, 0) is 61.4 Å². The molecule has 0 radical (unpaired) electrons. The third kappa shape index (κ3) is 4.27. The second kappa shape index (κ2) is 8.56. The summed E-state index contributed by atoms with van der Waals surface area (Å²) in [6.07, 6.45) is 0. The average Bonchev–Trinajstić information content (AvgIpc) is 3.24. The number of fused-ring (bicyclic) bond motifs is 1. The van der Waals surface area contributed by atoms with Crippen LogP contribution in [-0.4, -0.2) is 30.2 Å². The Balaban J connectivity index is 1.65. The maximum absolute atomic E-state index is 13.2. The Kier molecular flexibility index (Phi) is 5.81. The van der Waals surface area contributed by atoms with Crippen LogP contribution < -0.4 is 14.8 Å². The molecule has 10 heteroatoms. The summed E-state index contributed by atoms with van der Waals surface area (Å²) in [6.45, 7) is 3.65. The van der Waals surface area contributed by atoms with E-state index in [1.807, 2.05) is 32.0 Å². The van der Waals surface area contributed by atoms with Crippen LogP contribution in [-0.2, 0) is 10.0 Å². The predicted octanol–water partition coefficient (Wildman–Crippen LogP) is 4.37. The highest BCUT2D eigenvalue weighted by molar-refractivity contribution is 7.92. The van der Waals surface area contributed by atoms with E-state index in [1.54, 1.807) is 24.3 Å². The molecule has 3 aromatic carbocycles. The molecular weight excluding hydrogens is 448 g/mol. The number of rotatable bonds is 6. The van der Waals surface area contributed by atoms with Crippen molar-refractivity contribution in [1.29, 1.82) is 0 Å². The SMILES string of the molecule is COc1ccc(NC(=O)c2ccc3nsnc3c2)cc1S(=O)(=O)Nc1c(C)cccc1C. The van der Waals surface area contributed by atoms with Gasteiger partial charge in [0, 0.05) is 11.3 Å². The third-order valence-corrected chi connectivity index (χ3v) is 6.87. The van der Waals surface area contributed by atoms with E-state index in [0.29, 0.717) is 28.0 Å². The molecule has 0 aliphatic carbocycles. The van der Waals surface area contributed by atoms with Gasteiger partial charge >= 0.3 is 0 Å². The summed E-state index contributed by atoms with van der Waals surface area (Å²) in [7, 11) is -2.60. The number of anilines is 2. The second-order valence-electron chi connectivity index (χ2n) is 7.16. The van der Waals surface area contributed by atoms with Crippen molar-refractivity contribution in [2.24, 2.45) is 0 Å². The summed E-state index contributed by atoms with van der Waals surface area (Å²) in [6, 6.07) is 15.0. The number of carbonyl (C=O) groups is 1. The van der Waals surface area contributed by atoms with Gasteiger partial charge in [0.2, 0.25) is 0 Å². The fourth-order valence-electron chi connectivity index (χ4n) is 3.26. The summed E-state index contributed by atoms with van der Waals surface area (Å²) in [5, 5.41) is 2.73. The Bertz CT molecular complexity index is 1410. The van der Waals surface area contributed by atoms with Gasteiger partial charge in [0.05, 0.1) is 24.5 Å². The molecule has 0 atom stereocenters. The molecule has 2 N–H and O–H groups in total. The smallest absolute Gasteiger partial charge is 0.265 e. The minimum Gasteiger partial charge on any atom is -0.495 e. The van der Waals surface area contributed by atoms with E-state index in [-0.39, 0.29) is 10.6 Å². The van der Waals surface area contributed by atoms with Crippen molar-refractivity contribution in [3.8, 4) is 5.75 Å². The van der Waals surface area contributed by atoms with Gasteiger partial charge in [-0.2, -0.15) is 8.75 Å². The number of nitrogens with zero attached hydrogens (tertiary/aromatic N) is 2. The van der Waals surface area contributed by atoms with E-state index in [0.717, 1.165) is 22.9 Å². The van der Waals surface area contributed by atoms with Crippen LogP contribution in [0.5, 0.6) is 5.75 Å². The highest BCUT2D eigenvalue weighted by atomic mass is 32.2. The molecule has 164 valence electrons. The Morgan fingerprint density at radius 3 is 2.41 bits per heavy atom. The lowest BCUT2D eigenvalue weighted by molar-refractivity contribution is 0.102. The van der Waals surface area contributed by atoms with Gasteiger partial charge in [-0.1, -0.05) is 18.2 Å². The molecule has 0 bridgehead atoms. The monoisotopic (exact) mass is 468 g/mol. The van der Waals surface area contributed by atoms with Gasteiger partial charge in [0.15, 0.2) is 0 Å². The Hall–Kier alpha value is -3.50. The average molecular weight is 469 g/mol. The van der Waals surface area contributed by atoms with E-state index in [2.05, 4.69) is 18.8 Å². The van der Waals surface area contributed by atoms with Gasteiger partial charge in [0.25, 0.3) is 15.9 Å². The van der Waals surface area contributed by atoms with Crippen LogP contribution >= 0.6 is 11.7 Å². The number of hydrogen-bond acceptors (Lipinski definition) is 7. The molecule has 1 amide bonds. The molecule has 8 nitrogen and oxygen atoms in total. The molecule has 4 aromatic rings. The second-order valence-corrected chi connectivity index (χ2v) is 9.34. The Morgan fingerprint density at radius 2 is 1.69 bits per heavy atom. The first-order valence-corrected chi connectivity index (χ1v) is 11.8. The van der Waals surface area contributed by atoms with Crippen molar-refractivity contribution in [3.05, 3.63) is 71.3 Å². The van der Waals surface area contributed by atoms with Crippen LogP contribution in [0.2, 0.25) is 0 Å². The molecule has 1 aromatic heterocycles. The minimum atomic E-state index is -3.99. The van der Waals surface area contributed by atoms with E-state index in [1.165, 1.54) is 19.2 Å². The fourth-order valence-corrected chi connectivity index (χ4v) is 5.17. The Labute approximate surface area is 189 Å². The molecular formula is C22H20N4O4S2. The molecule has 0 aliphatic heterocycles. The van der Waals surface area contributed by atoms with Crippen LogP contribution in [0.3, 0.4) is 0 Å². The number of methoxy groups -OCH3 is 1. The van der Waals surface area contributed by atoms with Crippen LogP contribution in [0.4, 0.5) is 11.4 Å². The van der Waals surface area contributed by atoms with Crippen molar-refractivity contribution in [1.82, 2.24) is 8.75 Å². The van der Waals surface area contributed by atoms with E-state index >= 15 is 0 Å². The molecule has 0 fully saturated rings. The summed E-state index contributed by atoms with van der Waals surface area (Å²) in [5.74, 6) is -0.229. The lowest BCUT2D eigenvalue weighted by atomic mass is 10.1. The zero-order chi connectivity index (χ0) is 22.9. The highest BCUT2D eigenvalue weighted by Gasteiger charge is 2.22. The van der Waals surface area contributed by atoms with E-state index < -0.39 is 15.9 Å². The largest absolute Gasteiger partial charge is 0.495 e. The molecule has 0 aliphatic rings. The number of benzene rings is 3. The molecule has 0 saturated heterocycles. The lowest BCUT2D eigenvalue weighted by Gasteiger charge is -2.16. The number of aromatic nitrogens is 2. The first kappa shape index (κ1) is 21.7. The van der Waals surface area contributed by atoms with Crippen molar-refractivity contribution < 1.29 is 17.9 Å². The van der Waals surface area contributed by atoms with Gasteiger partial charge < -0.3 is 10.1 Å². The van der Waals surface area contributed by atoms with Crippen LogP contribution in [0.1, 0.15) is 21.5 Å². The summed E-state index contributed by atoms with van der Waals surface area (Å²) in [4.78, 5) is 12.6. The van der Waals surface area contributed by atoms with Gasteiger partial charge in [-0.3, -0.25) is 9.52 Å². The standard InChI is InChI=1S/C22H20N4O4S2/c1-13-5-4-6-14(2)21(13)26-32(28,29)20-12-16(8-10-19(20)30-3)23-22(27)15-7-9-17-18(11-15)25-31-24-17/h4-12,26H,1-3H3,(H,23,27). The maximum atomic E-state index is 13.2. The zero-order valence-electron chi connectivity index (χ0n) is 17.5. The number of amides is 1. The first-order chi connectivity index (χ1) is 15.3. The number of para-hydroxylation sites is 1. The van der Waals surface area contributed by atoms with Crippen molar-refractivity contribution >= 4 is 50.1 Å². The summed E-state index contributed by atoms with van der Waals surface area (Å²) >= 11 is 1.07. The lowest BCUT2D eigenvalue weighted by Crippen LogP contribution is -2.17. The molecule has 1 heterocycles. The topological polar surface area (TPSA) is 110 Å². The van der Waals surface area contributed by atoms with Crippen LogP contribution in [0.15, 0.2) is 59.5 Å². The number of ether oxygens (including phenoxy) is 1. The maximum Gasteiger partial charge on any atom is 0.265 e. The zero-order valence-corrected chi connectivity index (χ0v) is 19.2. The van der Waals surface area contributed by atoms with Crippen LogP contribution in [0, 0.1) is 13.8 Å². The van der Waals surface area contributed by atoms with Gasteiger partial charge in [-0.25, -0.2) is 8.42 Å². The number of sulfonamides is 1. The quantitative estimate of drug-likeness (QED) is 0.435. The Morgan fingerprint density at radius 1 is 0.969 bits per heavy atom. The first-order valence-electron chi connectivity index (χ1n) is 9.59. The van der Waals surface area contributed by atoms with Crippen LogP contribution in [0.25, 0.3) is 11.0 Å². The molecule has 0 spiro atoms. The molecule has 32 heavy (non-hydrogen) atoms. The predicted molar refractivity (Wildman–Crippen MR) is 125 cm³/mol. The number of nitrogens with one attached hydrogen (secondary N) is 2. The van der Waals surface area contributed by atoms with E-state index in [9.17, 15) is 13.2 Å².